The highest BCUT2D eigenvalue weighted by molar-refractivity contribution is 5.99. The molecule has 0 spiro atoms. The Hall–Kier alpha value is -7.52. The van der Waals surface area contributed by atoms with Crippen LogP contribution in [0, 0.1) is 5.41 Å². The van der Waals surface area contributed by atoms with E-state index in [1.807, 2.05) is 30.3 Å². The van der Waals surface area contributed by atoms with Crippen molar-refractivity contribution >= 4 is 35.9 Å². The number of hydrogen-bond acceptors (Lipinski definition) is 11. The third kappa shape index (κ3) is 15.3. The first-order valence-electron chi connectivity index (χ1n) is 20.0. The molecule has 0 saturated heterocycles. The van der Waals surface area contributed by atoms with Gasteiger partial charge in [0, 0.05) is 13.0 Å². The van der Waals surface area contributed by atoms with Crippen LogP contribution >= 0.6 is 0 Å². The molecule has 15 nitrogen and oxygen atoms in total. The first kappa shape index (κ1) is 45.6. The largest absolute Gasteiger partial charge is 0.508 e. The Bertz CT molecular complexity index is 2210. The molecular formula is C47H50N6O9. The van der Waals surface area contributed by atoms with E-state index in [0.717, 1.165) is 16.0 Å². The van der Waals surface area contributed by atoms with E-state index < -0.39 is 54.1 Å². The van der Waals surface area contributed by atoms with E-state index in [1.54, 1.807) is 103 Å². The molecule has 5 aromatic carbocycles. The number of carbonyl (C=O) groups excluding carboxylic acids is 5. The van der Waals surface area contributed by atoms with E-state index in [1.165, 1.54) is 12.1 Å². The Morgan fingerprint density at radius 1 is 0.581 bits per heavy atom. The van der Waals surface area contributed by atoms with Crippen LogP contribution in [0.2, 0.25) is 0 Å². The second kappa shape index (κ2) is 23.9. The molecule has 15 heteroatoms. The minimum Gasteiger partial charge on any atom is -0.508 e. The lowest BCUT2D eigenvalue weighted by Gasteiger charge is -2.26. The molecule has 0 bridgehead atoms. The summed E-state index contributed by atoms with van der Waals surface area (Å²) in [6, 6.07) is 38.4. The number of hydrogen-bond donors (Lipinski definition) is 6. The molecule has 3 atom stereocenters. The number of aromatic hydroxyl groups is 1. The Balaban J connectivity index is 1.32. The topological polar surface area (TPSA) is 222 Å². The highest BCUT2D eigenvalue weighted by Crippen LogP contribution is 2.13. The Morgan fingerprint density at radius 2 is 1.05 bits per heavy atom. The SMILES string of the molecule is N=C(NC(=O)OCc1ccccc1)N(CCC[C@@H](NC(=O)[C@@H](N)Cc1ccc(O)cc1)C(=O)N[C@@H](Cc1ccccc1)C(=O)OCc1ccccc1)C(=O)OCc1ccccc1. The smallest absolute Gasteiger partial charge is 0.416 e. The number of carbonyl (C=O) groups is 5. The first-order valence-corrected chi connectivity index (χ1v) is 20.0. The predicted molar refractivity (Wildman–Crippen MR) is 230 cm³/mol. The fraction of sp³-hybridized carbons (Fsp3) is 0.234. The number of esters is 1. The van der Waals surface area contributed by atoms with Gasteiger partial charge in [0.05, 0.1) is 6.04 Å². The number of phenolic OH excluding ortho intramolecular Hbond substituents is 1. The van der Waals surface area contributed by atoms with E-state index in [2.05, 4.69) is 16.0 Å². The van der Waals surface area contributed by atoms with Crippen LogP contribution in [0.5, 0.6) is 5.75 Å². The molecule has 4 amide bonds. The van der Waals surface area contributed by atoms with Crippen molar-refractivity contribution in [2.75, 3.05) is 6.54 Å². The number of guanidine groups is 1. The quantitative estimate of drug-likeness (QED) is 0.0265. The van der Waals surface area contributed by atoms with Crippen molar-refractivity contribution in [2.24, 2.45) is 5.73 Å². The van der Waals surface area contributed by atoms with Gasteiger partial charge in [0.1, 0.15) is 37.7 Å². The summed E-state index contributed by atoms with van der Waals surface area (Å²) in [5.74, 6) is -2.72. The Morgan fingerprint density at radius 3 is 1.60 bits per heavy atom. The zero-order chi connectivity index (χ0) is 44.1. The number of nitrogens with zero attached hydrogens (tertiary/aromatic N) is 1. The van der Waals surface area contributed by atoms with Crippen molar-refractivity contribution in [3.8, 4) is 5.75 Å². The zero-order valence-electron chi connectivity index (χ0n) is 34.0. The van der Waals surface area contributed by atoms with Crippen LogP contribution in [0.3, 0.4) is 0 Å². The van der Waals surface area contributed by atoms with Crippen molar-refractivity contribution < 1.29 is 43.3 Å². The standard InChI is InChI=1S/C47H50N6O9/c48-39(28-34-23-25-38(54)26-24-34)42(55)50-40(43(56)51-41(29-33-14-5-1-6-15-33)44(57)60-30-35-16-7-2-8-17-35)22-13-27-53(47(59)62-32-37-20-11-4-12-21-37)45(49)52-46(58)61-31-36-18-9-3-10-19-36/h1-12,14-21,23-26,39-41,54H,13,22,27-32,48H2,(H,50,55)(H,51,56)(H2,49,52,58)/t39-,40+,41-/m0/s1. The van der Waals surface area contributed by atoms with Crippen LogP contribution in [0.25, 0.3) is 0 Å². The van der Waals surface area contributed by atoms with Gasteiger partial charge in [-0.1, -0.05) is 133 Å². The monoisotopic (exact) mass is 842 g/mol. The molecule has 0 saturated carbocycles. The number of nitrogens with two attached hydrogens (primary N) is 1. The van der Waals surface area contributed by atoms with E-state index in [-0.39, 0.29) is 57.8 Å². The van der Waals surface area contributed by atoms with Gasteiger partial charge < -0.3 is 35.7 Å². The summed E-state index contributed by atoms with van der Waals surface area (Å²) in [5.41, 5.74) is 9.83. The summed E-state index contributed by atoms with van der Waals surface area (Å²) >= 11 is 0. The molecule has 0 heterocycles. The van der Waals surface area contributed by atoms with Gasteiger partial charge in [-0.2, -0.15) is 0 Å². The van der Waals surface area contributed by atoms with E-state index in [4.69, 9.17) is 25.4 Å². The first-order chi connectivity index (χ1) is 30.0. The lowest BCUT2D eigenvalue weighted by atomic mass is 10.0. The van der Waals surface area contributed by atoms with Crippen LogP contribution in [-0.2, 0) is 61.3 Å². The molecule has 5 rings (SSSR count). The number of amides is 4. The molecule has 5 aromatic rings. The van der Waals surface area contributed by atoms with Gasteiger partial charge in [0.2, 0.25) is 17.8 Å². The van der Waals surface area contributed by atoms with E-state index in [9.17, 15) is 29.1 Å². The molecule has 0 fully saturated rings. The molecule has 0 aliphatic rings. The van der Waals surface area contributed by atoms with Crippen LogP contribution in [0.15, 0.2) is 146 Å². The second-order valence-electron chi connectivity index (χ2n) is 14.3. The van der Waals surface area contributed by atoms with Crippen LogP contribution in [0.1, 0.15) is 40.7 Å². The van der Waals surface area contributed by atoms with Crippen LogP contribution < -0.4 is 21.7 Å². The van der Waals surface area contributed by atoms with Gasteiger partial charge in [-0.25, -0.2) is 19.3 Å². The number of phenols is 1. The Labute approximate surface area is 359 Å². The number of alkyl carbamates (subject to hydrolysis) is 1. The zero-order valence-corrected chi connectivity index (χ0v) is 34.0. The second-order valence-corrected chi connectivity index (χ2v) is 14.3. The normalized spacial score (nSPS) is 12.1. The van der Waals surface area contributed by atoms with E-state index >= 15 is 0 Å². The predicted octanol–water partition coefficient (Wildman–Crippen LogP) is 5.50. The van der Waals surface area contributed by atoms with Gasteiger partial charge in [-0.3, -0.25) is 20.3 Å². The molecule has 0 aliphatic heterocycles. The summed E-state index contributed by atoms with van der Waals surface area (Å²) in [6.07, 6.45) is -1.94. The third-order valence-corrected chi connectivity index (χ3v) is 9.47. The van der Waals surface area contributed by atoms with Crippen LogP contribution in [-0.4, -0.2) is 70.6 Å². The van der Waals surface area contributed by atoms with Crippen molar-refractivity contribution in [1.82, 2.24) is 20.9 Å². The minimum absolute atomic E-state index is 0.0169. The number of ether oxygens (including phenoxy) is 3. The summed E-state index contributed by atoms with van der Waals surface area (Å²) < 4.78 is 16.4. The lowest BCUT2D eigenvalue weighted by molar-refractivity contribution is -0.149. The third-order valence-electron chi connectivity index (χ3n) is 9.47. The highest BCUT2D eigenvalue weighted by Gasteiger charge is 2.30. The molecule has 0 unspecified atom stereocenters. The van der Waals surface area contributed by atoms with Gasteiger partial charge in [-0.15, -0.1) is 0 Å². The molecular weight excluding hydrogens is 793 g/mol. The molecule has 0 aromatic heterocycles. The summed E-state index contributed by atoms with van der Waals surface area (Å²) in [6.45, 7) is -0.514. The van der Waals surface area contributed by atoms with Gasteiger partial charge in [0.25, 0.3) is 0 Å². The summed E-state index contributed by atoms with van der Waals surface area (Å²) in [4.78, 5) is 68.5. The maximum absolute atomic E-state index is 14.2. The molecule has 0 aliphatic carbocycles. The number of benzene rings is 5. The van der Waals surface area contributed by atoms with Gasteiger partial charge >= 0.3 is 18.2 Å². The molecule has 62 heavy (non-hydrogen) atoms. The maximum atomic E-state index is 14.2. The average molecular weight is 843 g/mol. The van der Waals surface area contributed by atoms with Crippen molar-refractivity contribution in [3.05, 3.63) is 173 Å². The Kier molecular flexibility index (Phi) is 17.6. The van der Waals surface area contributed by atoms with Crippen LogP contribution in [0.4, 0.5) is 9.59 Å². The van der Waals surface area contributed by atoms with E-state index in [0.29, 0.717) is 16.7 Å². The van der Waals surface area contributed by atoms with Crippen molar-refractivity contribution in [2.45, 2.75) is 63.6 Å². The summed E-state index contributed by atoms with van der Waals surface area (Å²) in [7, 11) is 0. The molecule has 0 radical (unpaired) electrons. The fourth-order valence-corrected chi connectivity index (χ4v) is 6.14. The molecule has 7 N–H and O–H groups in total. The van der Waals surface area contributed by atoms with Gasteiger partial charge in [0.15, 0.2) is 0 Å². The lowest BCUT2D eigenvalue weighted by Crippen LogP contribution is -2.55. The summed E-state index contributed by atoms with van der Waals surface area (Å²) in [5, 5.41) is 26.1. The average Bonchev–Trinajstić information content (AvgIpc) is 3.29. The number of nitrogens with one attached hydrogen (secondary N) is 4. The highest BCUT2D eigenvalue weighted by atomic mass is 16.6. The minimum atomic E-state index is -1.30. The maximum Gasteiger partial charge on any atom is 0.416 e. The van der Waals surface area contributed by atoms with Crippen molar-refractivity contribution in [3.63, 3.8) is 0 Å². The van der Waals surface area contributed by atoms with Gasteiger partial charge in [-0.05, 0) is 59.2 Å². The number of rotatable bonds is 19. The molecule has 322 valence electrons. The fourth-order valence-electron chi connectivity index (χ4n) is 6.14. The van der Waals surface area contributed by atoms with Crippen molar-refractivity contribution in [1.29, 1.82) is 5.41 Å².